The van der Waals surface area contributed by atoms with Crippen molar-refractivity contribution < 1.29 is 9.53 Å². The van der Waals surface area contributed by atoms with E-state index >= 15 is 0 Å². The summed E-state index contributed by atoms with van der Waals surface area (Å²) in [4.78, 5) is 11.0. The third-order valence-corrected chi connectivity index (χ3v) is 2.21. The first-order chi connectivity index (χ1) is 7.58. The van der Waals surface area contributed by atoms with Crippen LogP contribution in [0.15, 0.2) is 42.5 Å². The summed E-state index contributed by atoms with van der Waals surface area (Å²) in [5.41, 5.74) is 2.21. The van der Waals surface area contributed by atoms with Crippen LogP contribution in [0, 0.1) is 0 Å². The van der Waals surface area contributed by atoms with Crippen molar-refractivity contribution in [3.05, 3.63) is 48.0 Å². The van der Waals surface area contributed by atoms with Gasteiger partial charge in [0.25, 0.3) is 0 Å². The van der Waals surface area contributed by atoms with Crippen molar-refractivity contribution >= 4 is 5.97 Å². The van der Waals surface area contributed by atoms with E-state index in [1.54, 1.807) is 0 Å². The molecule has 0 bridgehead atoms. The van der Waals surface area contributed by atoms with Gasteiger partial charge in [0.2, 0.25) is 0 Å². The topological polar surface area (TPSA) is 26.3 Å². The Labute approximate surface area is 96.9 Å². The zero-order valence-corrected chi connectivity index (χ0v) is 9.90. The van der Waals surface area contributed by atoms with Crippen molar-refractivity contribution in [2.24, 2.45) is 0 Å². The monoisotopic (exact) mass is 218 g/mol. The van der Waals surface area contributed by atoms with Crippen LogP contribution < -0.4 is 0 Å². The minimum Gasteiger partial charge on any atom is -0.462 e. The number of rotatable bonds is 5. The van der Waals surface area contributed by atoms with Gasteiger partial charge in [0.15, 0.2) is 0 Å². The van der Waals surface area contributed by atoms with E-state index in [4.69, 9.17) is 4.74 Å². The Hall–Kier alpha value is -1.57. The standard InChI is InChI=1S/C14H18O2/c1-11(2)9-14(16-12(3)15)10-13-7-5-4-6-8-13/h4-8,14H,1,9-10H2,2-3H3. The maximum atomic E-state index is 11.0. The van der Waals surface area contributed by atoms with Gasteiger partial charge in [-0.1, -0.05) is 35.9 Å². The minimum atomic E-state index is -0.234. The van der Waals surface area contributed by atoms with Crippen LogP contribution in [0.3, 0.4) is 0 Å². The van der Waals surface area contributed by atoms with Crippen LogP contribution in [-0.4, -0.2) is 12.1 Å². The molecule has 0 amide bonds. The Morgan fingerprint density at radius 2 is 1.94 bits per heavy atom. The van der Waals surface area contributed by atoms with Crippen molar-refractivity contribution in [2.45, 2.75) is 32.8 Å². The van der Waals surface area contributed by atoms with E-state index in [-0.39, 0.29) is 12.1 Å². The van der Waals surface area contributed by atoms with Gasteiger partial charge in [-0.05, 0) is 12.5 Å². The van der Waals surface area contributed by atoms with Crippen LogP contribution in [0.1, 0.15) is 25.8 Å². The summed E-state index contributed by atoms with van der Waals surface area (Å²) in [7, 11) is 0. The third-order valence-electron chi connectivity index (χ3n) is 2.21. The van der Waals surface area contributed by atoms with Gasteiger partial charge in [0, 0.05) is 19.8 Å². The predicted molar refractivity (Wildman–Crippen MR) is 65.1 cm³/mol. The Kier molecular flexibility index (Phi) is 4.77. The molecule has 0 fully saturated rings. The molecule has 0 aliphatic carbocycles. The second kappa shape index (κ2) is 6.11. The van der Waals surface area contributed by atoms with Gasteiger partial charge >= 0.3 is 5.97 Å². The number of carbonyl (C=O) groups excluding carboxylic acids is 1. The van der Waals surface area contributed by atoms with Crippen LogP contribution in [0.5, 0.6) is 0 Å². The highest BCUT2D eigenvalue weighted by Gasteiger charge is 2.12. The molecule has 0 saturated heterocycles. The minimum absolute atomic E-state index is 0.0996. The highest BCUT2D eigenvalue weighted by Crippen LogP contribution is 2.13. The Morgan fingerprint density at radius 1 is 1.31 bits per heavy atom. The number of benzene rings is 1. The van der Waals surface area contributed by atoms with Crippen molar-refractivity contribution in [1.29, 1.82) is 0 Å². The Balaban J connectivity index is 2.63. The van der Waals surface area contributed by atoms with E-state index in [1.165, 1.54) is 12.5 Å². The number of ether oxygens (including phenoxy) is 1. The van der Waals surface area contributed by atoms with E-state index < -0.39 is 0 Å². The summed E-state index contributed by atoms with van der Waals surface area (Å²) in [5, 5.41) is 0. The molecule has 0 aliphatic rings. The Morgan fingerprint density at radius 3 is 2.44 bits per heavy atom. The molecule has 1 unspecified atom stereocenters. The molecule has 1 aromatic rings. The molecule has 0 aliphatic heterocycles. The number of carbonyl (C=O) groups is 1. The Bertz CT molecular complexity index is 338. The number of esters is 1. The summed E-state index contributed by atoms with van der Waals surface area (Å²) >= 11 is 0. The molecule has 2 heteroatoms. The van der Waals surface area contributed by atoms with E-state index in [0.717, 1.165) is 12.0 Å². The fraction of sp³-hybridized carbons (Fsp3) is 0.357. The molecular weight excluding hydrogens is 200 g/mol. The lowest BCUT2D eigenvalue weighted by atomic mass is 10.0. The average molecular weight is 218 g/mol. The van der Waals surface area contributed by atoms with Crippen molar-refractivity contribution in [3.8, 4) is 0 Å². The van der Waals surface area contributed by atoms with Crippen molar-refractivity contribution in [1.82, 2.24) is 0 Å². The zero-order chi connectivity index (χ0) is 12.0. The fourth-order valence-corrected chi connectivity index (χ4v) is 1.66. The van der Waals surface area contributed by atoms with Crippen molar-refractivity contribution in [3.63, 3.8) is 0 Å². The third kappa shape index (κ3) is 4.78. The SMILES string of the molecule is C=C(C)CC(Cc1ccccc1)OC(C)=O. The molecule has 0 heterocycles. The van der Waals surface area contributed by atoms with Gasteiger partial charge in [-0.15, -0.1) is 6.58 Å². The predicted octanol–water partition coefficient (Wildman–Crippen LogP) is 3.13. The van der Waals surface area contributed by atoms with E-state index in [9.17, 15) is 4.79 Å². The molecule has 0 N–H and O–H groups in total. The van der Waals surface area contributed by atoms with Gasteiger partial charge in [-0.2, -0.15) is 0 Å². The normalized spacial score (nSPS) is 11.9. The zero-order valence-electron chi connectivity index (χ0n) is 9.90. The van der Waals surface area contributed by atoms with E-state index in [1.807, 2.05) is 37.3 Å². The fourth-order valence-electron chi connectivity index (χ4n) is 1.66. The molecule has 1 aromatic carbocycles. The van der Waals surface area contributed by atoms with E-state index in [0.29, 0.717) is 6.42 Å². The molecule has 0 spiro atoms. The van der Waals surface area contributed by atoms with Gasteiger partial charge < -0.3 is 4.74 Å². The van der Waals surface area contributed by atoms with Gasteiger partial charge in [0.1, 0.15) is 6.10 Å². The summed E-state index contributed by atoms with van der Waals surface area (Å²) in [6, 6.07) is 10.0. The maximum Gasteiger partial charge on any atom is 0.302 e. The highest BCUT2D eigenvalue weighted by molar-refractivity contribution is 5.66. The lowest BCUT2D eigenvalue weighted by Gasteiger charge is -2.17. The van der Waals surface area contributed by atoms with Crippen LogP contribution in [-0.2, 0) is 16.0 Å². The summed E-state index contributed by atoms with van der Waals surface area (Å²) in [6.45, 7) is 7.24. The molecule has 0 saturated carbocycles. The summed E-state index contributed by atoms with van der Waals surface area (Å²) in [5.74, 6) is -0.234. The average Bonchev–Trinajstić information content (AvgIpc) is 2.16. The molecular formula is C14H18O2. The lowest BCUT2D eigenvalue weighted by molar-refractivity contribution is -0.146. The van der Waals surface area contributed by atoms with Crippen LogP contribution in [0.4, 0.5) is 0 Å². The molecule has 2 nitrogen and oxygen atoms in total. The number of hydrogen-bond acceptors (Lipinski definition) is 2. The number of hydrogen-bond donors (Lipinski definition) is 0. The second-order valence-corrected chi connectivity index (χ2v) is 4.08. The first-order valence-electron chi connectivity index (χ1n) is 5.43. The van der Waals surface area contributed by atoms with Gasteiger partial charge in [-0.25, -0.2) is 0 Å². The van der Waals surface area contributed by atoms with Crippen LogP contribution in [0.25, 0.3) is 0 Å². The molecule has 0 aromatic heterocycles. The van der Waals surface area contributed by atoms with Gasteiger partial charge in [-0.3, -0.25) is 4.79 Å². The second-order valence-electron chi connectivity index (χ2n) is 4.08. The maximum absolute atomic E-state index is 11.0. The quantitative estimate of drug-likeness (QED) is 0.560. The van der Waals surface area contributed by atoms with E-state index in [2.05, 4.69) is 6.58 Å². The summed E-state index contributed by atoms with van der Waals surface area (Å²) < 4.78 is 5.27. The van der Waals surface area contributed by atoms with Gasteiger partial charge in [0.05, 0.1) is 0 Å². The first-order valence-corrected chi connectivity index (χ1v) is 5.43. The van der Waals surface area contributed by atoms with Crippen molar-refractivity contribution in [2.75, 3.05) is 0 Å². The lowest BCUT2D eigenvalue weighted by Crippen LogP contribution is -2.19. The van der Waals surface area contributed by atoms with Crippen LogP contribution >= 0.6 is 0 Å². The first kappa shape index (κ1) is 12.5. The molecule has 0 radical (unpaired) electrons. The van der Waals surface area contributed by atoms with Crippen LogP contribution in [0.2, 0.25) is 0 Å². The highest BCUT2D eigenvalue weighted by atomic mass is 16.5. The molecule has 1 atom stereocenters. The molecule has 86 valence electrons. The smallest absolute Gasteiger partial charge is 0.302 e. The molecule has 16 heavy (non-hydrogen) atoms. The largest absolute Gasteiger partial charge is 0.462 e. The summed E-state index contributed by atoms with van der Waals surface area (Å²) in [6.07, 6.45) is 1.36. The molecule has 1 rings (SSSR count).